The van der Waals surface area contributed by atoms with Gasteiger partial charge >= 0.3 is 6.03 Å². The summed E-state index contributed by atoms with van der Waals surface area (Å²) in [4.78, 5) is 34.3. The van der Waals surface area contributed by atoms with Gasteiger partial charge in [0.15, 0.2) is 0 Å². The number of likely N-dealkylation sites (N-methyl/N-ethyl adjacent to an activating group) is 1. The van der Waals surface area contributed by atoms with Gasteiger partial charge in [-0.05, 0) is 13.8 Å². The Labute approximate surface area is 94.3 Å². The first-order chi connectivity index (χ1) is 7.51. The summed E-state index contributed by atoms with van der Waals surface area (Å²) in [5.41, 5.74) is 4.74. The molecule has 0 rings (SSSR count). The third kappa shape index (κ3) is 5.97. The van der Waals surface area contributed by atoms with Crippen LogP contribution in [-0.2, 0) is 9.59 Å². The van der Waals surface area contributed by atoms with E-state index in [4.69, 9.17) is 5.73 Å². The van der Waals surface area contributed by atoms with E-state index < -0.39 is 11.9 Å². The highest BCUT2D eigenvalue weighted by Crippen LogP contribution is 1.86. The van der Waals surface area contributed by atoms with Gasteiger partial charge in [-0.15, -0.1) is 0 Å². The molecule has 4 N–H and O–H groups in total. The largest absolute Gasteiger partial charge is 0.351 e. The Kier molecular flexibility index (Phi) is 6.86. The third-order valence-electron chi connectivity index (χ3n) is 1.94. The number of amides is 4. The fourth-order valence-corrected chi connectivity index (χ4v) is 1.15. The molecule has 0 aromatic rings. The fourth-order valence-electron chi connectivity index (χ4n) is 1.15. The van der Waals surface area contributed by atoms with Gasteiger partial charge < -0.3 is 10.6 Å². The molecule has 92 valence electrons. The number of carbonyl (C=O) groups is 3. The second-order valence-electron chi connectivity index (χ2n) is 3.08. The zero-order valence-electron chi connectivity index (χ0n) is 9.58. The van der Waals surface area contributed by atoms with Gasteiger partial charge in [-0.2, -0.15) is 0 Å². The molecule has 0 unspecified atom stereocenters. The number of carbonyl (C=O) groups excluding carboxylic acids is 3. The summed E-state index contributed by atoms with van der Waals surface area (Å²) >= 11 is 0. The molecule has 0 spiro atoms. The molecule has 0 saturated carbocycles. The van der Waals surface area contributed by atoms with Crippen LogP contribution in [0.4, 0.5) is 4.79 Å². The number of hydrogen-bond donors (Lipinski definition) is 3. The van der Waals surface area contributed by atoms with E-state index in [2.05, 4.69) is 5.32 Å². The molecule has 0 aliphatic heterocycles. The van der Waals surface area contributed by atoms with Crippen LogP contribution in [0.5, 0.6) is 0 Å². The molecule has 0 fully saturated rings. The number of nitrogens with one attached hydrogen (secondary N) is 2. The van der Waals surface area contributed by atoms with Crippen molar-refractivity contribution in [3.8, 4) is 0 Å². The summed E-state index contributed by atoms with van der Waals surface area (Å²) in [6, 6.07) is -0.901. The zero-order valence-corrected chi connectivity index (χ0v) is 9.58. The van der Waals surface area contributed by atoms with E-state index >= 15 is 0 Å². The fraction of sp³-hybridized carbons (Fsp3) is 0.667. The highest BCUT2D eigenvalue weighted by atomic mass is 16.2. The molecule has 7 heteroatoms. The highest BCUT2D eigenvalue weighted by molar-refractivity contribution is 5.94. The topological polar surface area (TPSA) is 105 Å². The number of hydrogen-bond acceptors (Lipinski definition) is 4. The molecule has 0 saturated heterocycles. The Hall–Kier alpha value is -1.63. The van der Waals surface area contributed by atoms with Gasteiger partial charge in [0, 0.05) is 13.1 Å². The molecule has 0 aliphatic carbocycles. The van der Waals surface area contributed by atoms with Crippen molar-refractivity contribution in [1.29, 1.82) is 0 Å². The Bertz CT molecular complexity index is 263. The van der Waals surface area contributed by atoms with E-state index in [1.54, 1.807) is 4.90 Å². The standard InChI is InChI=1S/C9H18N4O3/c1-3-13(4-2)8(15)6-11-5-7(14)12-9(10)16/h11H,3-6H2,1-2H3,(H3,10,12,14,16). The van der Waals surface area contributed by atoms with Gasteiger partial charge in [0.05, 0.1) is 13.1 Å². The van der Waals surface area contributed by atoms with Gasteiger partial charge in [-0.3, -0.25) is 20.2 Å². The van der Waals surface area contributed by atoms with Crippen LogP contribution in [0.1, 0.15) is 13.8 Å². The van der Waals surface area contributed by atoms with Gasteiger partial charge in [-0.25, -0.2) is 4.79 Å². The number of primary amides is 1. The second kappa shape index (κ2) is 7.63. The van der Waals surface area contributed by atoms with Crippen LogP contribution in [0.25, 0.3) is 0 Å². The smallest absolute Gasteiger partial charge is 0.318 e. The molecular weight excluding hydrogens is 212 g/mol. The first-order valence-electron chi connectivity index (χ1n) is 5.09. The first kappa shape index (κ1) is 14.4. The van der Waals surface area contributed by atoms with Gasteiger partial charge in [0.2, 0.25) is 11.8 Å². The van der Waals surface area contributed by atoms with E-state index in [9.17, 15) is 14.4 Å². The molecule has 4 amide bonds. The molecule has 0 aromatic carbocycles. The molecule has 0 atom stereocenters. The average molecular weight is 230 g/mol. The summed E-state index contributed by atoms with van der Waals surface area (Å²) in [7, 11) is 0. The molecule has 0 radical (unpaired) electrons. The van der Waals surface area contributed by atoms with Crippen molar-refractivity contribution in [3.05, 3.63) is 0 Å². The van der Waals surface area contributed by atoms with Crippen LogP contribution in [0, 0.1) is 0 Å². The molecule has 0 aliphatic rings. The summed E-state index contributed by atoms with van der Waals surface area (Å²) in [5.74, 6) is -0.642. The summed E-state index contributed by atoms with van der Waals surface area (Å²) in [6.45, 7) is 4.96. The Morgan fingerprint density at radius 1 is 1.12 bits per heavy atom. The van der Waals surface area contributed by atoms with Crippen molar-refractivity contribution >= 4 is 17.8 Å². The van der Waals surface area contributed by atoms with E-state index in [1.807, 2.05) is 19.2 Å². The van der Waals surface area contributed by atoms with Gasteiger partial charge in [0.25, 0.3) is 0 Å². The lowest BCUT2D eigenvalue weighted by Gasteiger charge is -2.18. The summed E-state index contributed by atoms with van der Waals surface area (Å²) < 4.78 is 0. The van der Waals surface area contributed by atoms with Gasteiger partial charge in [-0.1, -0.05) is 0 Å². The number of urea groups is 1. The van der Waals surface area contributed by atoms with Crippen LogP contribution >= 0.6 is 0 Å². The zero-order chi connectivity index (χ0) is 12.6. The quantitative estimate of drug-likeness (QED) is 0.524. The number of nitrogens with zero attached hydrogens (tertiary/aromatic N) is 1. The number of nitrogens with two attached hydrogens (primary N) is 1. The van der Waals surface area contributed by atoms with Crippen LogP contribution in [0.2, 0.25) is 0 Å². The maximum atomic E-state index is 11.4. The van der Waals surface area contributed by atoms with Crippen molar-refractivity contribution in [2.45, 2.75) is 13.8 Å². The predicted octanol–water partition coefficient (Wildman–Crippen LogP) is -1.36. The Morgan fingerprint density at radius 3 is 2.12 bits per heavy atom. The molecule has 0 heterocycles. The molecule has 7 nitrogen and oxygen atoms in total. The highest BCUT2D eigenvalue weighted by Gasteiger charge is 2.09. The molecule has 0 aromatic heterocycles. The lowest BCUT2D eigenvalue weighted by molar-refractivity contribution is -0.129. The Balaban J connectivity index is 3.77. The van der Waals surface area contributed by atoms with E-state index in [0.29, 0.717) is 13.1 Å². The minimum atomic E-state index is -0.901. The number of imide groups is 1. The van der Waals surface area contributed by atoms with E-state index in [-0.39, 0.29) is 19.0 Å². The van der Waals surface area contributed by atoms with Crippen molar-refractivity contribution in [3.63, 3.8) is 0 Å². The first-order valence-corrected chi connectivity index (χ1v) is 5.09. The van der Waals surface area contributed by atoms with Crippen molar-refractivity contribution in [2.24, 2.45) is 5.73 Å². The SMILES string of the molecule is CCN(CC)C(=O)CNCC(=O)NC(N)=O. The third-order valence-corrected chi connectivity index (χ3v) is 1.94. The van der Waals surface area contributed by atoms with Crippen LogP contribution in [-0.4, -0.2) is 48.9 Å². The van der Waals surface area contributed by atoms with Crippen molar-refractivity contribution < 1.29 is 14.4 Å². The minimum absolute atomic E-state index is 0.0634. The van der Waals surface area contributed by atoms with Crippen LogP contribution < -0.4 is 16.4 Å². The maximum absolute atomic E-state index is 11.4. The predicted molar refractivity (Wildman–Crippen MR) is 58.5 cm³/mol. The average Bonchev–Trinajstić information content (AvgIpc) is 2.18. The maximum Gasteiger partial charge on any atom is 0.318 e. The lowest BCUT2D eigenvalue weighted by atomic mass is 10.4. The van der Waals surface area contributed by atoms with Crippen LogP contribution in [0.3, 0.4) is 0 Å². The van der Waals surface area contributed by atoms with E-state index in [1.165, 1.54) is 0 Å². The molecule has 16 heavy (non-hydrogen) atoms. The lowest BCUT2D eigenvalue weighted by Crippen LogP contribution is -2.44. The van der Waals surface area contributed by atoms with E-state index in [0.717, 1.165) is 0 Å². The summed E-state index contributed by atoms with van der Waals surface area (Å²) in [5, 5.41) is 4.51. The Morgan fingerprint density at radius 2 is 1.69 bits per heavy atom. The van der Waals surface area contributed by atoms with Crippen LogP contribution in [0.15, 0.2) is 0 Å². The van der Waals surface area contributed by atoms with Crippen molar-refractivity contribution in [2.75, 3.05) is 26.2 Å². The second-order valence-corrected chi connectivity index (χ2v) is 3.08. The van der Waals surface area contributed by atoms with Crippen molar-refractivity contribution in [1.82, 2.24) is 15.5 Å². The number of rotatable bonds is 6. The molecular formula is C9H18N4O3. The molecule has 0 bridgehead atoms. The summed E-state index contributed by atoms with van der Waals surface area (Å²) in [6.07, 6.45) is 0. The normalized spacial score (nSPS) is 9.62. The minimum Gasteiger partial charge on any atom is -0.351 e. The van der Waals surface area contributed by atoms with Gasteiger partial charge in [0.1, 0.15) is 0 Å². The monoisotopic (exact) mass is 230 g/mol.